The summed E-state index contributed by atoms with van der Waals surface area (Å²) in [6.45, 7) is 14.3. The number of benzene rings is 2. The van der Waals surface area contributed by atoms with Gasteiger partial charge in [-0.05, 0) is 204 Å². The third-order valence-electron chi connectivity index (χ3n) is 14.1. The lowest BCUT2D eigenvalue weighted by Gasteiger charge is -2.44. The zero-order valence-electron chi connectivity index (χ0n) is 46.6. The smallest absolute Gasteiger partial charge is 0.325 e. The Morgan fingerprint density at radius 2 is 1.01 bits per heavy atom. The van der Waals surface area contributed by atoms with Crippen molar-refractivity contribution in [2.75, 3.05) is 5.32 Å². The van der Waals surface area contributed by atoms with Gasteiger partial charge in [-0.3, -0.25) is 9.36 Å². The molecule has 12 aromatic heterocycles. The fraction of sp³-hybridized carbons (Fsp3) is 0.154. The van der Waals surface area contributed by atoms with E-state index in [9.17, 15) is 4.79 Å². The number of carbonyl (C=O) groups excluding carboxylic acids is 1. The number of anilines is 2. The zero-order valence-corrected chi connectivity index (χ0v) is 52.3. The van der Waals surface area contributed by atoms with Crippen LogP contribution in [0.5, 0.6) is 0 Å². The van der Waals surface area contributed by atoms with Crippen LogP contribution in [0, 0.1) is 0 Å². The number of pyridine rings is 6. The predicted octanol–water partition coefficient (Wildman–Crippen LogP) is 17.8. The first kappa shape index (κ1) is 61.6. The highest BCUT2D eigenvalue weighted by molar-refractivity contribution is 9.11. The molecule has 0 aliphatic heterocycles. The molecule has 0 amide bonds. The van der Waals surface area contributed by atoms with Gasteiger partial charge >= 0.3 is 5.65 Å². The quantitative estimate of drug-likeness (QED) is 0.0393. The molecular formula is C65H67Br3N13O2Si+. The molecule has 19 heteroatoms. The SMILES string of the molecule is Brc1ccc2cc[nH]c2n1.C.CC(C)[Si](C(C)C)(C(C)C)n1ccc2ccc(Br)nc21.O=C(c1ccccc1)n1ccc2ccc(Br)nc21.O[n+]1cccc2cc[nH]c21.c1ccc(Nc2ccc3cc[nH]c3n2)cc1.c1cnc2[nH]ccc2c1. The maximum atomic E-state index is 12.3. The summed E-state index contributed by atoms with van der Waals surface area (Å²) in [4.78, 5) is 46.2. The number of nitrogens with one attached hydrogen (secondary N) is 5. The third kappa shape index (κ3) is 14.6. The van der Waals surface area contributed by atoms with Crippen LogP contribution in [-0.2, 0) is 0 Å². The van der Waals surface area contributed by atoms with E-state index in [1.165, 1.54) is 5.39 Å². The standard InChI is InChI=1S/C16H25BrN2Si.C14H9BrN2O.C13H11N3.C7H5BrN2.C7H6N2O.C7H6N2.CH4/c1-11(2)20(12(3)4,13(5)6)19-10-9-14-7-8-15(17)18-16(14)19;15-12-7-6-10-8-9-17(13(10)16-12)14(18)11-4-2-1-3-5-11;1-2-4-11(5-3-1)15-12-7-6-10-8-9-14-13(10)16-12;8-6-2-1-5-3-4-9-7(5)10-6;10-9-5-1-2-6-3-4-8-7(6)9;1-2-6-3-5-9-7(6)8-4-1;/h7-13H,1-6H3;1-9H;1-9H,(H2,14,15,16);1-4H,(H,9,10);1-5,10H;1-5H,(H,8,9);1H4/p+1. The Balaban J connectivity index is 0.000000134. The van der Waals surface area contributed by atoms with Crippen molar-refractivity contribution >= 4 is 140 Å². The van der Waals surface area contributed by atoms with Crippen LogP contribution in [0.3, 0.4) is 0 Å². The third-order valence-corrected chi connectivity index (χ3v) is 22.1. The molecule has 15 nitrogen and oxygen atoms in total. The predicted molar refractivity (Wildman–Crippen MR) is 356 cm³/mol. The van der Waals surface area contributed by atoms with Gasteiger partial charge in [0.1, 0.15) is 54.1 Å². The van der Waals surface area contributed by atoms with Gasteiger partial charge < -0.3 is 29.7 Å². The van der Waals surface area contributed by atoms with Gasteiger partial charge in [-0.1, -0.05) is 90.1 Å². The molecule has 12 heterocycles. The van der Waals surface area contributed by atoms with E-state index in [-0.39, 0.29) is 13.3 Å². The summed E-state index contributed by atoms with van der Waals surface area (Å²) < 4.78 is 7.68. The summed E-state index contributed by atoms with van der Waals surface area (Å²) in [5.41, 5.74) is 9.05. The second-order valence-corrected chi connectivity index (χ2v) is 28.4. The maximum Gasteiger partial charge on any atom is 0.325 e. The van der Waals surface area contributed by atoms with Crippen molar-refractivity contribution in [1.82, 2.24) is 53.7 Å². The van der Waals surface area contributed by atoms with Crippen molar-refractivity contribution < 1.29 is 14.7 Å². The van der Waals surface area contributed by atoms with E-state index >= 15 is 0 Å². The second kappa shape index (κ2) is 28.7. The van der Waals surface area contributed by atoms with E-state index < -0.39 is 8.24 Å². The summed E-state index contributed by atoms with van der Waals surface area (Å²) in [6.07, 6.45) is 14.8. The first-order valence-corrected chi connectivity index (χ1v) is 31.5. The summed E-state index contributed by atoms with van der Waals surface area (Å²) in [5, 5.41) is 19.0. The summed E-state index contributed by atoms with van der Waals surface area (Å²) in [5.74, 6) is 0.775. The Labute approximate surface area is 514 Å². The van der Waals surface area contributed by atoms with Crippen LogP contribution in [0.4, 0.5) is 11.5 Å². The van der Waals surface area contributed by atoms with Crippen molar-refractivity contribution in [3.8, 4) is 0 Å². The molecule has 0 saturated heterocycles. The number of para-hydroxylation sites is 1. The van der Waals surface area contributed by atoms with Crippen LogP contribution >= 0.6 is 47.8 Å². The highest BCUT2D eigenvalue weighted by atomic mass is 79.9. The monoisotopic (exact) mass is 1330 g/mol. The first-order valence-electron chi connectivity index (χ1n) is 27.0. The van der Waals surface area contributed by atoms with E-state index in [1.807, 2.05) is 158 Å². The number of nitrogens with zero attached hydrogens (tertiary/aromatic N) is 8. The minimum atomic E-state index is -1.71. The van der Waals surface area contributed by atoms with E-state index in [0.717, 1.165) is 85.2 Å². The van der Waals surface area contributed by atoms with Gasteiger partial charge in [0, 0.05) is 69.2 Å². The van der Waals surface area contributed by atoms with E-state index in [4.69, 9.17) is 10.2 Å². The minimum Gasteiger partial charge on any atom is -0.359 e. The van der Waals surface area contributed by atoms with Crippen LogP contribution in [0.25, 0.3) is 66.2 Å². The van der Waals surface area contributed by atoms with E-state index in [1.54, 1.807) is 47.6 Å². The lowest BCUT2D eigenvalue weighted by atomic mass is 10.2. The molecule has 14 aromatic rings. The van der Waals surface area contributed by atoms with Gasteiger partial charge in [-0.2, -0.15) is 0 Å². The van der Waals surface area contributed by atoms with Gasteiger partial charge in [-0.15, -0.1) is 0 Å². The lowest BCUT2D eigenvalue weighted by Crippen LogP contribution is -2.51. The number of aromatic amines is 4. The maximum absolute atomic E-state index is 12.3. The van der Waals surface area contributed by atoms with Crippen molar-refractivity contribution in [3.05, 3.63) is 239 Å². The van der Waals surface area contributed by atoms with Crippen molar-refractivity contribution in [2.24, 2.45) is 0 Å². The molecular weight excluding hydrogens is 1260 g/mol. The van der Waals surface area contributed by atoms with E-state index in [0.29, 0.717) is 27.8 Å². The zero-order chi connectivity index (χ0) is 58.5. The van der Waals surface area contributed by atoms with Gasteiger partial charge in [0.2, 0.25) is 0 Å². The Morgan fingerprint density at radius 3 is 1.63 bits per heavy atom. The van der Waals surface area contributed by atoms with Crippen molar-refractivity contribution in [1.29, 1.82) is 0 Å². The number of hydrogen-bond donors (Lipinski definition) is 6. The highest BCUT2D eigenvalue weighted by Gasteiger charge is 2.46. The number of H-pyrrole nitrogens is 4. The Bertz CT molecular complexity index is 4310. The van der Waals surface area contributed by atoms with Gasteiger partial charge in [0.15, 0.2) is 8.24 Å². The lowest BCUT2D eigenvalue weighted by molar-refractivity contribution is -0.885. The van der Waals surface area contributed by atoms with Gasteiger partial charge in [0.05, 0.1) is 11.6 Å². The fourth-order valence-corrected chi connectivity index (χ4v) is 17.9. The van der Waals surface area contributed by atoms with Crippen LogP contribution in [0.15, 0.2) is 233 Å². The topological polar surface area (TPSA) is 191 Å². The number of fused-ring (bicyclic) bond motifs is 6. The molecule has 0 radical (unpaired) electrons. The molecule has 0 bridgehead atoms. The van der Waals surface area contributed by atoms with Crippen molar-refractivity contribution in [3.63, 3.8) is 0 Å². The number of aromatic nitrogens is 12. The van der Waals surface area contributed by atoms with Gasteiger partial charge in [0.25, 0.3) is 5.91 Å². The Kier molecular flexibility index (Phi) is 21.0. The largest absolute Gasteiger partial charge is 0.359 e. The molecule has 6 N–H and O–H groups in total. The minimum absolute atomic E-state index is 0. The second-order valence-electron chi connectivity index (χ2n) is 20.2. The number of hydrogen-bond acceptors (Lipinski definition) is 8. The molecule has 0 aliphatic carbocycles. The normalized spacial score (nSPS) is 11.0. The summed E-state index contributed by atoms with van der Waals surface area (Å²) in [7, 11) is -1.71. The molecule has 84 heavy (non-hydrogen) atoms. The first-order chi connectivity index (χ1) is 40.2. The molecule has 0 unspecified atom stereocenters. The Morgan fingerprint density at radius 1 is 0.512 bits per heavy atom. The molecule has 0 spiro atoms. The van der Waals surface area contributed by atoms with Gasteiger partial charge in [-0.25, -0.2) is 29.9 Å². The highest BCUT2D eigenvalue weighted by Crippen LogP contribution is 2.44. The number of halogens is 3. The van der Waals surface area contributed by atoms with Crippen molar-refractivity contribution in [2.45, 2.75) is 65.6 Å². The Hall–Kier alpha value is -8.49. The molecule has 0 saturated carbocycles. The van der Waals surface area contributed by atoms with E-state index in [2.05, 4.69) is 157 Å². The average molecular weight is 1330 g/mol. The summed E-state index contributed by atoms with van der Waals surface area (Å²) >= 11 is 10.1. The number of carbonyl (C=O) groups is 1. The molecule has 428 valence electrons. The number of rotatable bonds is 7. The average Bonchev–Trinajstić information content (AvgIpc) is 4.25. The summed E-state index contributed by atoms with van der Waals surface area (Å²) in [6, 6.07) is 54.8. The van der Waals surface area contributed by atoms with Crippen LogP contribution in [-0.4, -0.2) is 73.0 Å². The molecule has 0 atom stereocenters. The van der Waals surface area contributed by atoms with Crippen LogP contribution < -0.4 is 10.0 Å². The fourth-order valence-electron chi connectivity index (χ4n) is 10.5. The van der Waals surface area contributed by atoms with Crippen LogP contribution in [0.2, 0.25) is 16.6 Å². The molecule has 14 rings (SSSR count). The molecule has 0 aliphatic rings. The molecule has 2 aromatic carbocycles. The molecule has 0 fully saturated rings. The van der Waals surface area contributed by atoms with Crippen LogP contribution in [0.1, 0.15) is 59.3 Å².